The number of nitrogens with zero attached hydrogens (tertiary/aromatic N) is 4. The molecule has 2 aromatic heterocycles. The van der Waals surface area contributed by atoms with Gasteiger partial charge in [0.25, 0.3) is 11.5 Å². The van der Waals surface area contributed by atoms with Gasteiger partial charge in [-0.1, -0.05) is 48.5 Å². The van der Waals surface area contributed by atoms with Crippen LogP contribution in [0.2, 0.25) is 0 Å². The fourth-order valence-corrected chi connectivity index (χ4v) is 5.68. The molecule has 3 aromatic carbocycles. The van der Waals surface area contributed by atoms with Crippen molar-refractivity contribution >= 4 is 38.8 Å². The molecular weight excluding hydrogens is 525 g/mol. The van der Waals surface area contributed by atoms with Gasteiger partial charge >= 0.3 is 0 Å². The van der Waals surface area contributed by atoms with Crippen LogP contribution in [0.3, 0.4) is 0 Å². The van der Waals surface area contributed by atoms with E-state index in [2.05, 4.69) is 39.3 Å². The van der Waals surface area contributed by atoms with Crippen molar-refractivity contribution in [2.45, 2.75) is 6.04 Å². The molecule has 0 spiro atoms. The number of pyridine rings is 1. The first-order chi connectivity index (χ1) is 19.5. The minimum absolute atomic E-state index is 0.209. The lowest BCUT2D eigenvalue weighted by Crippen LogP contribution is -2.44. The highest BCUT2D eigenvalue weighted by atomic mass is 32.1. The van der Waals surface area contributed by atoms with Crippen molar-refractivity contribution in [3.8, 4) is 11.1 Å². The third kappa shape index (κ3) is 5.13. The van der Waals surface area contributed by atoms with Crippen molar-refractivity contribution in [2.24, 2.45) is 0 Å². The number of fused-ring (bicyclic) bond motifs is 1. The molecule has 6 rings (SSSR count). The van der Waals surface area contributed by atoms with E-state index in [1.165, 1.54) is 15.9 Å². The molecule has 1 atom stereocenters. The van der Waals surface area contributed by atoms with Gasteiger partial charge in [0.15, 0.2) is 5.13 Å². The topological polar surface area (TPSA) is 70.5 Å². The van der Waals surface area contributed by atoms with Crippen molar-refractivity contribution in [3.05, 3.63) is 112 Å². The van der Waals surface area contributed by atoms with E-state index in [1.807, 2.05) is 24.3 Å². The summed E-state index contributed by atoms with van der Waals surface area (Å²) >= 11 is 1.27. The van der Waals surface area contributed by atoms with Crippen LogP contribution >= 0.6 is 11.3 Å². The van der Waals surface area contributed by atoms with Gasteiger partial charge < -0.3 is 9.80 Å². The van der Waals surface area contributed by atoms with E-state index in [1.54, 1.807) is 48.0 Å². The highest BCUT2D eigenvalue weighted by Crippen LogP contribution is 2.29. The van der Waals surface area contributed by atoms with Gasteiger partial charge in [-0.15, -0.1) is 11.3 Å². The summed E-state index contributed by atoms with van der Waals surface area (Å²) in [6.07, 6.45) is 2.71. The van der Waals surface area contributed by atoms with Crippen LogP contribution < -0.4 is 15.8 Å². The number of hydrogen-bond donors (Lipinski definition) is 1. The molecule has 5 aromatic rings. The van der Waals surface area contributed by atoms with Crippen LogP contribution in [0, 0.1) is 5.82 Å². The number of amides is 1. The molecule has 1 saturated heterocycles. The SMILES string of the molecule is CN1CCN(c2ccc(-c3ccc4c(=O)n(C(C(=O)Nc5nccs5)c5ccccc5)cc(F)c4c3)cc2)CC1. The van der Waals surface area contributed by atoms with Crippen LogP contribution in [0.25, 0.3) is 21.9 Å². The molecule has 1 N–H and O–H groups in total. The molecule has 0 radical (unpaired) electrons. The van der Waals surface area contributed by atoms with E-state index in [9.17, 15) is 9.59 Å². The molecule has 1 fully saturated rings. The Labute approximate surface area is 235 Å². The highest BCUT2D eigenvalue weighted by molar-refractivity contribution is 7.13. The maximum absolute atomic E-state index is 15.7. The first-order valence-electron chi connectivity index (χ1n) is 13.1. The summed E-state index contributed by atoms with van der Waals surface area (Å²) in [5.74, 6) is -1.05. The number of aromatic nitrogens is 2. The molecule has 9 heteroatoms. The minimum atomic E-state index is -1.07. The zero-order valence-corrected chi connectivity index (χ0v) is 22.8. The summed E-state index contributed by atoms with van der Waals surface area (Å²) in [5, 5.41) is 5.33. The standard InChI is InChI=1S/C31H28FN5O2S/c1-35-14-16-36(17-15-35)24-10-7-21(8-11-24)23-9-12-25-26(19-23)27(32)20-37(30(25)39)28(22-5-3-2-4-6-22)29(38)34-31-33-13-18-40-31/h2-13,18-20,28H,14-17H2,1H3,(H,33,34,38). The van der Waals surface area contributed by atoms with Crippen molar-refractivity contribution in [1.29, 1.82) is 0 Å². The van der Waals surface area contributed by atoms with Gasteiger partial charge in [-0.3, -0.25) is 19.5 Å². The van der Waals surface area contributed by atoms with Crippen molar-refractivity contribution < 1.29 is 9.18 Å². The van der Waals surface area contributed by atoms with Crippen LogP contribution in [0.4, 0.5) is 15.2 Å². The molecule has 1 aliphatic rings. The van der Waals surface area contributed by atoms with E-state index in [0.717, 1.165) is 49.2 Å². The molecule has 1 amide bonds. The smallest absolute Gasteiger partial charge is 0.259 e. The highest BCUT2D eigenvalue weighted by Gasteiger charge is 2.26. The number of anilines is 2. The predicted octanol–water partition coefficient (Wildman–Crippen LogP) is 5.24. The molecule has 0 bridgehead atoms. The fourth-order valence-electron chi connectivity index (χ4n) is 5.15. The Morgan fingerprint density at radius 2 is 1.68 bits per heavy atom. The number of rotatable bonds is 6. The zero-order chi connectivity index (χ0) is 27.6. The number of likely N-dealkylation sites (N-methyl/N-ethyl adjacent to an activating group) is 1. The van der Waals surface area contributed by atoms with Crippen molar-refractivity contribution in [2.75, 3.05) is 43.4 Å². The monoisotopic (exact) mass is 553 g/mol. The quantitative estimate of drug-likeness (QED) is 0.311. The molecule has 0 saturated carbocycles. The van der Waals surface area contributed by atoms with Crippen LogP contribution in [0.5, 0.6) is 0 Å². The molecule has 3 heterocycles. The number of halogens is 1. The van der Waals surface area contributed by atoms with Gasteiger partial charge in [0.05, 0.1) is 5.39 Å². The van der Waals surface area contributed by atoms with E-state index >= 15 is 4.39 Å². The Hall–Kier alpha value is -4.34. The van der Waals surface area contributed by atoms with E-state index in [-0.39, 0.29) is 10.8 Å². The van der Waals surface area contributed by atoms with Gasteiger partial charge in [-0.2, -0.15) is 0 Å². The van der Waals surface area contributed by atoms with Crippen molar-refractivity contribution in [1.82, 2.24) is 14.5 Å². The number of benzene rings is 3. The number of carbonyl (C=O) groups is 1. The lowest BCUT2D eigenvalue weighted by atomic mass is 10.0. The number of hydrogen-bond acceptors (Lipinski definition) is 6. The maximum atomic E-state index is 15.7. The van der Waals surface area contributed by atoms with Gasteiger partial charge in [0.2, 0.25) is 0 Å². The zero-order valence-electron chi connectivity index (χ0n) is 22.0. The Bertz CT molecular complexity index is 1700. The summed E-state index contributed by atoms with van der Waals surface area (Å²) in [6.45, 7) is 4.02. The maximum Gasteiger partial charge on any atom is 0.259 e. The molecule has 1 unspecified atom stereocenters. The lowest BCUT2D eigenvalue weighted by Gasteiger charge is -2.34. The summed E-state index contributed by atoms with van der Waals surface area (Å²) < 4.78 is 16.8. The van der Waals surface area contributed by atoms with E-state index in [0.29, 0.717) is 10.7 Å². The number of thiazole rings is 1. The summed E-state index contributed by atoms with van der Waals surface area (Å²) in [4.78, 5) is 35.9. The van der Waals surface area contributed by atoms with Crippen LogP contribution in [0.1, 0.15) is 11.6 Å². The van der Waals surface area contributed by atoms with Crippen LogP contribution in [0.15, 0.2) is 95.4 Å². The second-order valence-corrected chi connectivity index (χ2v) is 10.8. The number of nitrogens with one attached hydrogen (secondary N) is 1. The van der Waals surface area contributed by atoms with Gasteiger partial charge in [0.1, 0.15) is 11.9 Å². The molecule has 0 aliphatic carbocycles. The molecule has 7 nitrogen and oxygen atoms in total. The summed E-state index contributed by atoms with van der Waals surface area (Å²) in [6, 6.07) is 21.2. The second kappa shape index (κ2) is 11.0. The van der Waals surface area contributed by atoms with Gasteiger partial charge in [-0.05, 0) is 48.0 Å². The first kappa shape index (κ1) is 25.9. The Balaban J connectivity index is 1.35. The molecule has 40 heavy (non-hydrogen) atoms. The van der Waals surface area contributed by atoms with Gasteiger partial charge in [-0.25, -0.2) is 9.37 Å². The Morgan fingerprint density at radius 3 is 2.38 bits per heavy atom. The summed E-state index contributed by atoms with van der Waals surface area (Å²) in [7, 11) is 2.13. The third-order valence-electron chi connectivity index (χ3n) is 7.37. The molecule has 202 valence electrons. The number of piperazine rings is 1. The fraction of sp³-hybridized carbons (Fsp3) is 0.194. The second-order valence-electron chi connectivity index (χ2n) is 9.93. The Morgan fingerprint density at radius 1 is 0.950 bits per heavy atom. The summed E-state index contributed by atoms with van der Waals surface area (Å²) in [5.41, 5.74) is 3.03. The average molecular weight is 554 g/mol. The van der Waals surface area contributed by atoms with Crippen LogP contribution in [-0.2, 0) is 4.79 Å². The largest absolute Gasteiger partial charge is 0.369 e. The lowest BCUT2D eigenvalue weighted by molar-refractivity contribution is -0.118. The normalized spacial score (nSPS) is 14.8. The first-order valence-corrected chi connectivity index (χ1v) is 14.0. The predicted molar refractivity (Wildman–Crippen MR) is 159 cm³/mol. The van der Waals surface area contributed by atoms with E-state index < -0.39 is 23.3 Å². The minimum Gasteiger partial charge on any atom is -0.369 e. The van der Waals surface area contributed by atoms with Gasteiger partial charge in [0, 0.05) is 55.0 Å². The molecule has 1 aliphatic heterocycles. The van der Waals surface area contributed by atoms with Crippen LogP contribution in [-0.4, -0.2) is 53.6 Å². The third-order valence-corrected chi connectivity index (χ3v) is 8.06. The van der Waals surface area contributed by atoms with Crippen molar-refractivity contribution in [3.63, 3.8) is 0 Å². The molecular formula is C31H28FN5O2S. The average Bonchev–Trinajstić information content (AvgIpc) is 3.50. The number of carbonyl (C=O) groups excluding carboxylic acids is 1. The Kier molecular flexibility index (Phi) is 7.15. The van der Waals surface area contributed by atoms with E-state index in [4.69, 9.17) is 0 Å².